The van der Waals surface area contributed by atoms with E-state index in [4.69, 9.17) is 10.5 Å². The van der Waals surface area contributed by atoms with Gasteiger partial charge in [-0.1, -0.05) is 0 Å². The van der Waals surface area contributed by atoms with Crippen molar-refractivity contribution < 1.29 is 9.13 Å². The molecule has 0 unspecified atom stereocenters. The highest BCUT2D eigenvalue weighted by atomic mass is 19.1. The molecule has 15 heavy (non-hydrogen) atoms. The van der Waals surface area contributed by atoms with Crippen molar-refractivity contribution in [2.75, 3.05) is 5.73 Å². The van der Waals surface area contributed by atoms with E-state index >= 15 is 0 Å². The fourth-order valence-electron chi connectivity index (χ4n) is 1.14. The number of anilines is 1. The predicted molar refractivity (Wildman–Crippen MR) is 54.1 cm³/mol. The van der Waals surface area contributed by atoms with Crippen molar-refractivity contribution in [1.29, 1.82) is 0 Å². The van der Waals surface area contributed by atoms with Gasteiger partial charge >= 0.3 is 0 Å². The van der Waals surface area contributed by atoms with Crippen LogP contribution in [0.5, 0.6) is 11.6 Å². The van der Waals surface area contributed by atoms with Gasteiger partial charge in [-0.2, -0.15) is 0 Å². The SMILES string of the molecule is Cn1ccc(Oc2ccc(N)c(F)c2)n1. The Morgan fingerprint density at radius 2 is 2.20 bits per heavy atom. The van der Waals surface area contributed by atoms with Gasteiger partial charge in [-0.15, -0.1) is 5.10 Å². The molecule has 1 aromatic heterocycles. The second kappa shape index (κ2) is 3.61. The minimum absolute atomic E-state index is 0.100. The van der Waals surface area contributed by atoms with Crippen molar-refractivity contribution in [3.63, 3.8) is 0 Å². The van der Waals surface area contributed by atoms with Crippen LogP contribution in [-0.4, -0.2) is 9.78 Å². The molecule has 5 heteroatoms. The number of aryl methyl sites for hydroxylation is 1. The molecule has 2 N–H and O–H groups in total. The maximum atomic E-state index is 13.1. The summed E-state index contributed by atoms with van der Waals surface area (Å²) in [6, 6.07) is 5.96. The fourth-order valence-corrected chi connectivity index (χ4v) is 1.14. The number of nitrogens with zero attached hydrogens (tertiary/aromatic N) is 2. The van der Waals surface area contributed by atoms with Crippen molar-refractivity contribution in [2.45, 2.75) is 0 Å². The Labute approximate surface area is 86.1 Å². The molecule has 0 aliphatic carbocycles. The summed E-state index contributed by atoms with van der Waals surface area (Å²) in [5, 5.41) is 4.00. The normalized spacial score (nSPS) is 10.3. The van der Waals surface area contributed by atoms with Crippen LogP contribution in [0.3, 0.4) is 0 Å². The zero-order valence-corrected chi connectivity index (χ0v) is 8.14. The van der Waals surface area contributed by atoms with Crippen LogP contribution < -0.4 is 10.5 Å². The lowest BCUT2D eigenvalue weighted by molar-refractivity contribution is 0.450. The summed E-state index contributed by atoms with van der Waals surface area (Å²) in [6.07, 6.45) is 1.74. The number of halogens is 1. The highest BCUT2D eigenvalue weighted by molar-refractivity contribution is 5.44. The van der Waals surface area contributed by atoms with E-state index in [0.29, 0.717) is 11.6 Å². The Morgan fingerprint density at radius 1 is 1.40 bits per heavy atom. The molecule has 0 bridgehead atoms. The number of rotatable bonds is 2. The van der Waals surface area contributed by atoms with Crippen LogP contribution in [0.25, 0.3) is 0 Å². The van der Waals surface area contributed by atoms with Gasteiger partial charge in [0.1, 0.15) is 11.6 Å². The summed E-state index contributed by atoms with van der Waals surface area (Å²) in [5.41, 5.74) is 5.44. The molecular weight excluding hydrogens is 197 g/mol. The number of nitrogens with two attached hydrogens (primary N) is 1. The number of benzene rings is 1. The minimum Gasteiger partial charge on any atom is -0.437 e. The Balaban J connectivity index is 2.21. The minimum atomic E-state index is -0.497. The van der Waals surface area contributed by atoms with E-state index in [-0.39, 0.29) is 5.69 Å². The van der Waals surface area contributed by atoms with Gasteiger partial charge in [0.15, 0.2) is 0 Å². The Bertz CT molecular complexity index is 481. The lowest BCUT2D eigenvalue weighted by Crippen LogP contribution is -1.92. The van der Waals surface area contributed by atoms with Crippen LogP contribution in [0.1, 0.15) is 0 Å². The number of hydrogen-bond donors (Lipinski definition) is 1. The highest BCUT2D eigenvalue weighted by Gasteiger charge is 2.03. The lowest BCUT2D eigenvalue weighted by atomic mass is 10.3. The number of aromatic nitrogens is 2. The van der Waals surface area contributed by atoms with E-state index in [1.807, 2.05) is 0 Å². The number of nitrogen functional groups attached to an aromatic ring is 1. The quantitative estimate of drug-likeness (QED) is 0.765. The summed E-state index contributed by atoms with van der Waals surface area (Å²) >= 11 is 0. The van der Waals surface area contributed by atoms with Gasteiger partial charge in [0, 0.05) is 25.4 Å². The van der Waals surface area contributed by atoms with E-state index in [0.717, 1.165) is 0 Å². The second-order valence-electron chi connectivity index (χ2n) is 3.11. The molecule has 2 aromatic rings. The first-order chi connectivity index (χ1) is 7.15. The fraction of sp³-hybridized carbons (Fsp3) is 0.100. The first-order valence-corrected chi connectivity index (χ1v) is 4.37. The molecule has 0 aliphatic rings. The van der Waals surface area contributed by atoms with Crippen LogP contribution in [0.2, 0.25) is 0 Å². The van der Waals surface area contributed by atoms with Crippen LogP contribution in [0, 0.1) is 5.82 Å². The van der Waals surface area contributed by atoms with Crippen molar-refractivity contribution >= 4 is 5.69 Å². The molecule has 4 nitrogen and oxygen atoms in total. The summed E-state index contributed by atoms with van der Waals surface area (Å²) in [6.45, 7) is 0. The maximum Gasteiger partial charge on any atom is 0.238 e. The number of hydrogen-bond acceptors (Lipinski definition) is 3. The van der Waals surface area contributed by atoms with E-state index in [1.54, 1.807) is 30.1 Å². The average Bonchev–Trinajstić information content (AvgIpc) is 2.58. The highest BCUT2D eigenvalue weighted by Crippen LogP contribution is 2.22. The summed E-state index contributed by atoms with van der Waals surface area (Å²) in [7, 11) is 1.77. The molecule has 1 heterocycles. The summed E-state index contributed by atoms with van der Waals surface area (Å²) < 4.78 is 20.0. The topological polar surface area (TPSA) is 53.1 Å². The lowest BCUT2D eigenvalue weighted by Gasteiger charge is -2.02. The molecule has 2 rings (SSSR count). The molecule has 1 aromatic carbocycles. The van der Waals surface area contributed by atoms with Crippen LogP contribution in [0.15, 0.2) is 30.5 Å². The molecule has 0 amide bonds. The first kappa shape index (κ1) is 9.51. The first-order valence-electron chi connectivity index (χ1n) is 4.37. The smallest absolute Gasteiger partial charge is 0.238 e. The standard InChI is InChI=1S/C10H10FN3O/c1-14-5-4-10(13-14)15-7-2-3-9(12)8(11)6-7/h2-6H,12H2,1H3. The van der Waals surface area contributed by atoms with E-state index in [1.165, 1.54) is 12.1 Å². The summed E-state index contributed by atoms with van der Waals surface area (Å²) in [5.74, 6) is 0.297. The Kier molecular flexibility index (Phi) is 2.29. The third kappa shape index (κ3) is 2.07. The predicted octanol–water partition coefficient (Wildman–Crippen LogP) is 1.93. The molecule has 0 fully saturated rings. The van der Waals surface area contributed by atoms with E-state index < -0.39 is 5.82 Å². The average molecular weight is 207 g/mol. The van der Waals surface area contributed by atoms with Crippen molar-refractivity contribution in [1.82, 2.24) is 9.78 Å². The van der Waals surface area contributed by atoms with Crippen molar-refractivity contribution in [3.05, 3.63) is 36.3 Å². The molecule has 78 valence electrons. The third-order valence-electron chi connectivity index (χ3n) is 1.88. The van der Waals surface area contributed by atoms with Crippen molar-refractivity contribution in [3.8, 4) is 11.6 Å². The zero-order valence-electron chi connectivity index (χ0n) is 8.14. The molecular formula is C10H10FN3O. The summed E-state index contributed by atoms with van der Waals surface area (Å²) in [4.78, 5) is 0. The molecule has 0 spiro atoms. The van der Waals surface area contributed by atoms with Crippen LogP contribution >= 0.6 is 0 Å². The zero-order chi connectivity index (χ0) is 10.8. The molecule has 0 atom stereocenters. The van der Waals surface area contributed by atoms with E-state index in [9.17, 15) is 4.39 Å². The van der Waals surface area contributed by atoms with Gasteiger partial charge in [0.2, 0.25) is 5.88 Å². The van der Waals surface area contributed by atoms with Gasteiger partial charge < -0.3 is 10.5 Å². The van der Waals surface area contributed by atoms with Gasteiger partial charge in [0.05, 0.1) is 5.69 Å². The van der Waals surface area contributed by atoms with Crippen LogP contribution in [0.4, 0.5) is 10.1 Å². The van der Waals surface area contributed by atoms with Gasteiger partial charge in [-0.3, -0.25) is 4.68 Å². The van der Waals surface area contributed by atoms with Crippen molar-refractivity contribution in [2.24, 2.45) is 7.05 Å². The molecule has 0 radical (unpaired) electrons. The maximum absolute atomic E-state index is 13.1. The monoisotopic (exact) mass is 207 g/mol. The number of ether oxygens (including phenoxy) is 1. The second-order valence-corrected chi connectivity index (χ2v) is 3.11. The Hall–Kier alpha value is -2.04. The van der Waals surface area contributed by atoms with Gasteiger partial charge in [-0.05, 0) is 12.1 Å². The Morgan fingerprint density at radius 3 is 2.80 bits per heavy atom. The van der Waals surface area contributed by atoms with E-state index in [2.05, 4.69) is 5.10 Å². The third-order valence-corrected chi connectivity index (χ3v) is 1.88. The largest absolute Gasteiger partial charge is 0.437 e. The molecule has 0 saturated carbocycles. The molecule has 0 saturated heterocycles. The van der Waals surface area contributed by atoms with Gasteiger partial charge in [-0.25, -0.2) is 4.39 Å². The molecule has 0 aliphatic heterocycles. The van der Waals surface area contributed by atoms with Crippen LogP contribution in [-0.2, 0) is 7.05 Å². The van der Waals surface area contributed by atoms with Gasteiger partial charge in [0.25, 0.3) is 0 Å².